The lowest BCUT2D eigenvalue weighted by atomic mass is 10.1. The Morgan fingerprint density at radius 3 is 1.35 bits per heavy atom. The van der Waals surface area contributed by atoms with Crippen LogP contribution in [0.2, 0.25) is 0 Å². The first-order chi connectivity index (χ1) is 31.1. The number of aromatic amines is 1. The van der Waals surface area contributed by atoms with Crippen LogP contribution in [-0.4, -0.2) is 66.4 Å². The minimum atomic E-state index is -1.14. The van der Waals surface area contributed by atoms with Crippen LogP contribution in [-0.2, 0) is 14.2 Å². The Morgan fingerprint density at radius 2 is 0.985 bits per heavy atom. The van der Waals surface area contributed by atoms with E-state index in [1.807, 2.05) is 0 Å². The van der Waals surface area contributed by atoms with Gasteiger partial charge in [-0.05, 0) is 116 Å². The van der Waals surface area contributed by atoms with Crippen molar-refractivity contribution in [2.45, 2.75) is 79.1 Å². The summed E-state index contributed by atoms with van der Waals surface area (Å²) < 4.78 is 70.8. The lowest BCUT2D eigenvalue weighted by Crippen LogP contribution is -2.45. The van der Waals surface area contributed by atoms with Crippen LogP contribution in [0.1, 0.15) is 83.0 Å². The van der Waals surface area contributed by atoms with Gasteiger partial charge in [0.15, 0.2) is 5.95 Å². The molecule has 360 valence electrons. The first-order valence-electron chi connectivity index (χ1n) is 20.3. The average Bonchev–Trinajstić information content (AvgIpc) is 3.83. The molecule has 0 fully saturated rings. The van der Waals surface area contributed by atoms with Gasteiger partial charge >= 0.3 is 18.3 Å². The second-order valence-corrected chi connectivity index (χ2v) is 17.6. The lowest BCUT2D eigenvalue weighted by molar-refractivity contribution is 0.0422. The number of rotatable bonds is 7. The number of amides is 4. The largest absolute Gasteiger partial charge is 0.443 e. The van der Waals surface area contributed by atoms with Crippen LogP contribution >= 0.6 is 12.4 Å². The number of aromatic nitrogens is 4. The lowest BCUT2D eigenvalue weighted by Gasteiger charge is -2.28. The monoisotopic (exact) mass is 964 g/mol. The number of imidazole rings is 2. The van der Waals surface area contributed by atoms with Crippen LogP contribution in [0.5, 0.6) is 0 Å². The molecule has 0 aliphatic rings. The normalized spacial score (nSPS) is 11.2. The summed E-state index contributed by atoms with van der Waals surface area (Å²) >= 11 is 0. The summed E-state index contributed by atoms with van der Waals surface area (Å²) in [6.45, 7) is 14.6. The Morgan fingerprint density at radius 1 is 0.588 bits per heavy atom. The maximum absolute atomic E-state index is 13.6. The Kier molecular flexibility index (Phi) is 16.5. The molecule has 0 aliphatic heterocycles. The van der Waals surface area contributed by atoms with Gasteiger partial charge in [0.2, 0.25) is 5.95 Å². The smallest absolute Gasteiger partial charge is 0.427 e. The maximum Gasteiger partial charge on any atom is 0.427 e. The number of ether oxygens (including phenoxy) is 3. The van der Waals surface area contributed by atoms with E-state index in [9.17, 15) is 41.5 Å². The molecule has 6 aromatic rings. The summed E-state index contributed by atoms with van der Waals surface area (Å²) in [7, 11) is 0. The summed E-state index contributed by atoms with van der Waals surface area (Å²) in [5, 5.41) is 5.11. The summed E-state index contributed by atoms with van der Waals surface area (Å²) in [6.07, 6.45) is -0.383. The molecule has 16 nitrogen and oxygen atoms in total. The topological polar surface area (TPSA) is 213 Å². The summed E-state index contributed by atoms with van der Waals surface area (Å²) in [5.41, 5.74) is 5.06. The number of hydrogen-bond donors (Lipinski definition) is 4. The molecule has 0 unspecified atom stereocenters. The quantitative estimate of drug-likeness (QED) is 0.0872. The highest BCUT2D eigenvalue weighted by Crippen LogP contribution is 2.30. The minimum Gasteiger partial charge on any atom is -0.443 e. The highest BCUT2D eigenvalue weighted by Gasteiger charge is 2.38. The molecule has 4 aromatic carbocycles. The zero-order valence-electron chi connectivity index (χ0n) is 38.3. The molecule has 21 heteroatoms. The molecule has 5 N–H and O–H groups in total. The predicted octanol–water partition coefficient (Wildman–Crippen LogP) is 11.2. The third kappa shape index (κ3) is 14.9. The second-order valence-electron chi connectivity index (χ2n) is 17.6. The number of carbonyl (C=O) groups is 5. The van der Waals surface area contributed by atoms with E-state index in [4.69, 9.17) is 19.9 Å². The molecule has 0 saturated carbocycles. The van der Waals surface area contributed by atoms with Gasteiger partial charge in [-0.15, -0.1) is 17.3 Å². The molecule has 0 bridgehead atoms. The number of halogens is 5. The molecule has 0 radical (unpaired) electrons. The standard InChI is InChI=1S/C31H36F2N4O7.C16H12F2N4O.ClH/c1-29(2,3)42-26(39)36-23(17-34-25(36)37(27(40)43-30(4,5)6)28(41)44-31(7,8)9)18-10-12-22(13-11-18)35-24(38)19-14-20(32)16-21(33)15-19;17-11-5-10(6-12(18)7-11)15(23)21-13-3-1-9(2-4-13)14-8-20-16(19)22-14;/h10-17H,1-9H3,(H,35,38);1-8H,(H,21,23)(H3,19,20,22);1H. The van der Waals surface area contributed by atoms with E-state index in [1.54, 1.807) is 92.8 Å². The van der Waals surface area contributed by atoms with Gasteiger partial charge in [0.25, 0.3) is 11.8 Å². The van der Waals surface area contributed by atoms with Crippen LogP contribution < -0.4 is 21.3 Å². The fraction of sp³-hybridized carbons (Fsp3) is 0.255. The molecular formula is C47H49ClF4N8O8. The Bertz CT molecular complexity index is 2730. The number of carbonyl (C=O) groups excluding carboxylic acids is 5. The van der Waals surface area contributed by atoms with E-state index in [-0.39, 0.29) is 34.9 Å². The minimum absolute atomic E-state index is 0. The number of H-pyrrole nitrogens is 1. The summed E-state index contributed by atoms with van der Waals surface area (Å²) in [4.78, 5) is 76.2. The van der Waals surface area contributed by atoms with Gasteiger partial charge in [-0.25, -0.2) is 46.5 Å². The molecule has 0 aliphatic carbocycles. The van der Waals surface area contributed by atoms with Crippen LogP contribution in [0.25, 0.3) is 22.5 Å². The first kappa shape index (κ1) is 52.9. The Balaban J connectivity index is 0.000000351. The highest BCUT2D eigenvalue weighted by molar-refractivity contribution is 6.09. The van der Waals surface area contributed by atoms with Crippen molar-refractivity contribution in [1.29, 1.82) is 0 Å². The molecule has 68 heavy (non-hydrogen) atoms. The number of nitrogen functional groups attached to an aromatic ring is 1. The van der Waals surface area contributed by atoms with Crippen molar-refractivity contribution in [3.63, 3.8) is 0 Å². The van der Waals surface area contributed by atoms with Crippen molar-refractivity contribution in [3.05, 3.63) is 132 Å². The van der Waals surface area contributed by atoms with E-state index in [0.717, 1.165) is 40.1 Å². The molecule has 4 amide bonds. The number of imide groups is 1. The number of anilines is 4. The van der Waals surface area contributed by atoms with E-state index in [2.05, 4.69) is 25.6 Å². The fourth-order valence-electron chi connectivity index (χ4n) is 5.76. The maximum atomic E-state index is 13.6. The van der Waals surface area contributed by atoms with Gasteiger partial charge < -0.3 is 35.6 Å². The Labute approximate surface area is 394 Å². The van der Waals surface area contributed by atoms with Crippen molar-refractivity contribution in [3.8, 4) is 22.5 Å². The molecular weight excluding hydrogens is 916 g/mol. The van der Waals surface area contributed by atoms with Crippen molar-refractivity contribution < 1.29 is 55.7 Å². The van der Waals surface area contributed by atoms with Gasteiger partial charge in [0.05, 0.1) is 23.8 Å². The predicted molar refractivity (Wildman–Crippen MR) is 249 cm³/mol. The van der Waals surface area contributed by atoms with Crippen LogP contribution in [0, 0.1) is 23.3 Å². The van der Waals surface area contributed by atoms with Gasteiger partial charge in [0.1, 0.15) is 40.1 Å². The van der Waals surface area contributed by atoms with Gasteiger partial charge in [-0.3, -0.25) is 9.59 Å². The molecule has 0 spiro atoms. The third-order valence-electron chi connectivity index (χ3n) is 8.41. The number of nitrogens with two attached hydrogens (primary N) is 1. The fourth-order valence-corrected chi connectivity index (χ4v) is 5.76. The summed E-state index contributed by atoms with van der Waals surface area (Å²) in [6, 6.07) is 18.0. The van der Waals surface area contributed by atoms with E-state index >= 15 is 0 Å². The molecule has 0 atom stereocenters. The van der Waals surface area contributed by atoms with Gasteiger partial charge in [-0.2, -0.15) is 0 Å². The van der Waals surface area contributed by atoms with Gasteiger partial charge in [-0.1, -0.05) is 24.3 Å². The number of nitrogens with zero attached hydrogens (tertiary/aromatic N) is 4. The van der Waals surface area contributed by atoms with Crippen LogP contribution in [0.3, 0.4) is 0 Å². The second kappa shape index (κ2) is 21.3. The van der Waals surface area contributed by atoms with Crippen molar-refractivity contribution in [2.24, 2.45) is 0 Å². The van der Waals surface area contributed by atoms with Crippen LogP contribution in [0.4, 0.5) is 55.2 Å². The van der Waals surface area contributed by atoms with Crippen molar-refractivity contribution in [2.75, 3.05) is 21.3 Å². The SMILES string of the molecule is CC(C)(C)OC(=O)N(C(=O)OC(C)(C)C)c1ncc(-c2ccc(NC(=O)c3cc(F)cc(F)c3)cc2)n1C(=O)OC(C)(C)C.Cl.Nc1ncc(-c2ccc(NC(=O)c3cc(F)cc(F)c3)cc2)[nH]1. The zero-order valence-corrected chi connectivity index (χ0v) is 39.1. The van der Waals surface area contributed by atoms with E-state index in [1.165, 1.54) is 30.5 Å². The van der Waals surface area contributed by atoms with Gasteiger partial charge in [0, 0.05) is 40.2 Å². The van der Waals surface area contributed by atoms with Crippen molar-refractivity contribution >= 4 is 65.8 Å². The number of hydrogen-bond acceptors (Lipinski definition) is 11. The molecule has 2 heterocycles. The zero-order chi connectivity index (χ0) is 49.6. The van der Waals surface area contributed by atoms with E-state index < -0.39 is 76.1 Å². The highest BCUT2D eigenvalue weighted by atomic mass is 35.5. The first-order valence-corrected chi connectivity index (χ1v) is 20.3. The van der Waals surface area contributed by atoms with E-state index in [0.29, 0.717) is 34.2 Å². The number of nitrogens with one attached hydrogen (secondary N) is 3. The third-order valence-corrected chi connectivity index (χ3v) is 8.41. The molecule has 2 aromatic heterocycles. The average molecular weight is 965 g/mol. The summed E-state index contributed by atoms with van der Waals surface area (Å²) in [5.74, 6) is -4.88. The Hall–Kier alpha value is -7.74. The van der Waals surface area contributed by atoms with Crippen molar-refractivity contribution in [1.82, 2.24) is 19.5 Å². The molecule has 6 rings (SSSR count). The molecule has 0 saturated heterocycles. The van der Waals surface area contributed by atoms with Crippen LogP contribution in [0.15, 0.2) is 97.3 Å². The number of benzene rings is 4.